The highest BCUT2D eigenvalue weighted by Gasteiger charge is 2.35. The van der Waals surface area contributed by atoms with E-state index in [-0.39, 0.29) is 37.3 Å². The van der Waals surface area contributed by atoms with Gasteiger partial charge in [-0.15, -0.1) is 11.3 Å². The van der Waals surface area contributed by atoms with Gasteiger partial charge in [0, 0.05) is 25.2 Å². The van der Waals surface area contributed by atoms with Crippen molar-refractivity contribution in [2.45, 2.75) is 13.3 Å². The van der Waals surface area contributed by atoms with E-state index in [0.717, 1.165) is 20.9 Å². The van der Waals surface area contributed by atoms with Crippen LogP contribution < -0.4 is 10.2 Å². The maximum atomic E-state index is 12.2. The molecule has 1 aromatic carbocycles. The normalized spacial score (nSPS) is 18.2. The summed E-state index contributed by atoms with van der Waals surface area (Å²) in [5.41, 5.74) is 1.65. The summed E-state index contributed by atoms with van der Waals surface area (Å²) in [6, 6.07) is 5.75. The van der Waals surface area contributed by atoms with Crippen LogP contribution in [0.1, 0.15) is 11.4 Å². The number of hydrogen-bond acceptors (Lipinski definition) is 5. The maximum absolute atomic E-state index is 12.2. The van der Waals surface area contributed by atoms with E-state index in [2.05, 4.69) is 10.3 Å². The molecule has 2 amide bonds. The van der Waals surface area contributed by atoms with E-state index in [1.165, 1.54) is 0 Å². The first kappa shape index (κ1) is 14.9. The topological polar surface area (TPSA) is 82.5 Å². The molecule has 1 atom stereocenters. The van der Waals surface area contributed by atoms with E-state index in [4.69, 9.17) is 5.11 Å². The van der Waals surface area contributed by atoms with Gasteiger partial charge in [-0.25, -0.2) is 4.98 Å². The molecular formula is C15H17N3O3S. The lowest BCUT2D eigenvalue weighted by molar-refractivity contribution is -0.126. The third-order valence-corrected chi connectivity index (χ3v) is 4.65. The van der Waals surface area contributed by atoms with Gasteiger partial charge in [-0.3, -0.25) is 9.59 Å². The van der Waals surface area contributed by atoms with Crippen molar-refractivity contribution in [2.75, 3.05) is 24.6 Å². The minimum absolute atomic E-state index is 0.0598. The number of nitrogens with zero attached hydrogens (tertiary/aromatic N) is 2. The number of rotatable bonds is 4. The number of fused-ring (bicyclic) bond motifs is 1. The predicted octanol–water partition coefficient (Wildman–Crippen LogP) is 1.07. The minimum Gasteiger partial charge on any atom is -0.395 e. The zero-order valence-corrected chi connectivity index (χ0v) is 13.0. The van der Waals surface area contributed by atoms with Crippen LogP contribution in [-0.2, 0) is 9.59 Å². The molecule has 1 saturated heterocycles. The molecule has 1 aromatic heterocycles. The van der Waals surface area contributed by atoms with Gasteiger partial charge < -0.3 is 15.3 Å². The Morgan fingerprint density at radius 3 is 3.14 bits per heavy atom. The molecule has 0 bridgehead atoms. The van der Waals surface area contributed by atoms with Crippen molar-refractivity contribution < 1.29 is 14.7 Å². The Balaban J connectivity index is 1.78. The molecule has 1 aliphatic rings. The van der Waals surface area contributed by atoms with Crippen LogP contribution in [0.3, 0.4) is 0 Å². The second-order valence-corrected chi connectivity index (χ2v) is 6.54. The average Bonchev–Trinajstić information content (AvgIpc) is 3.05. The fourth-order valence-electron chi connectivity index (χ4n) is 2.66. The van der Waals surface area contributed by atoms with Crippen molar-refractivity contribution in [3.8, 4) is 0 Å². The first-order chi connectivity index (χ1) is 10.6. The number of benzene rings is 1. The van der Waals surface area contributed by atoms with Gasteiger partial charge in [0.15, 0.2) is 0 Å². The lowest BCUT2D eigenvalue weighted by atomic mass is 10.1. The zero-order valence-electron chi connectivity index (χ0n) is 12.2. The van der Waals surface area contributed by atoms with E-state index in [0.29, 0.717) is 6.54 Å². The minimum atomic E-state index is -0.369. The summed E-state index contributed by atoms with van der Waals surface area (Å²) in [5, 5.41) is 12.4. The van der Waals surface area contributed by atoms with Crippen LogP contribution in [0, 0.1) is 12.8 Å². The number of carbonyl (C=O) groups excluding carboxylic acids is 2. The van der Waals surface area contributed by atoms with Crippen LogP contribution in [0.25, 0.3) is 10.2 Å². The Labute approximate surface area is 131 Å². The number of aromatic nitrogens is 1. The number of hydrogen-bond donors (Lipinski definition) is 2. The second kappa shape index (κ2) is 6.02. The van der Waals surface area contributed by atoms with Crippen molar-refractivity contribution in [1.29, 1.82) is 0 Å². The fourth-order valence-corrected chi connectivity index (χ4v) is 3.46. The van der Waals surface area contributed by atoms with Crippen molar-refractivity contribution in [1.82, 2.24) is 10.3 Å². The summed E-state index contributed by atoms with van der Waals surface area (Å²) in [4.78, 5) is 30.2. The average molecular weight is 319 g/mol. The van der Waals surface area contributed by atoms with Gasteiger partial charge in [0.2, 0.25) is 11.8 Å². The van der Waals surface area contributed by atoms with E-state index >= 15 is 0 Å². The van der Waals surface area contributed by atoms with Gasteiger partial charge >= 0.3 is 0 Å². The van der Waals surface area contributed by atoms with Gasteiger partial charge in [0.05, 0.1) is 27.7 Å². The molecule has 2 heterocycles. The highest BCUT2D eigenvalue weighted by molar-refractivity contribution is 7.18. The zero-order chi connectivity index (χ0) is 15.7. The summed E-state index contributed by atoms with van der Waals surface area (Å²) in [7, 11) is 0. The maximum Gasteiger partial charge on any atom is 0.227 e. The Morgan fingerprint density at radius 1 is 1.55 bits per heavy atom. The number of carbonyl (C=O) groups is 2. The molecule has 2 aromatic rings. The number of aryl methyl sites for hydroxylation is 1. The molecular weight excluding hydrogens is 302 g/mol. The van der Waals surface area contributed by atoms with Crippen LogP contribution in [0.2, 0.25) is 0 Å². The Bertz CT molecular complexity index is 728. The van der Waals surface area contributed by atoms with Crippen LogP contribution >= 0.6 is 11.3 Å². The fraction of sp³-hybridized carbons (Fsp3) is 0.400. The number of aliphatic hydroxyl groups excluding tert-OH is 1. The SMILES string of the molecule is Cc1nc2cc(N3CC(C(=O)NCCO)CC3=O)ccc2s1. The van der Waals surface area contributed by atoms with E-state index in [1.54, 1.807) is 16.2 Å². The van der Waals surface area contributed by atoms with Gasteiger partial charge in [0.25, 0.3) is 0 Å². The molecule has 0 spiro atoms. The molecule has 2 N–H and O–H groups in total. The van der Waals surface area contributed by atoms with E-state index in [9.17, 15) is 9.59 Å². The highest BCUT2D eigenvalue weighted by atomic mass is 32.1. The van der Waals surface area contributed by atoms with Crippen LogP contribution in [0.5, 0.6) is 0 Å². The summed E-state index contributed by atoms with van der Waals surface area (Å²) in [6.45, 7) is 2.43. The summed E-state index contributed by atoms with van der Waals surface area (Å²) >= 11 is 1.62. The standard InChI is InChI=1S/C15H17N3O3S/c1-9-17-12-7-11(2-3-13(12)22-9)18-8-10(6-14(18)20)15(21)16-4-5-19/h2-3,7,10,19H,4-6,8H2,1H3,(H,16,21). The third-order valence-electron chi connectivity index (χ3n) is 3.70. The molecule has 22 heavy (non-hydrogen) atoms. The molecule has 7 heteroatoms. The number of anilines is 1. The van der Waals surface area contributed by atoms with Crippen LogP contribution in [0.4, 0.5) is 5.69 Å². The van der Waals surface area contributed by atoms with Gasteiger partial charge in [-0.05, 0) is 25.1 Å². The molecule has 6 nitrogen and oxygen atoms in total. The molecule has 0 aliphatic carbocycles. The predicted molar refractivity (Wildman–Crippen MR) is 84.9 cm³/mol. The number of aliphatic hydroxyl groups is 1. The lowest BCUT2D eigenvalue weighted by Gasteiger charge is -2.16. The van der Waals surface area contributed by atoms with Gasteiger partial charge in [0.1, 0.15) is 0 Å². The second-order valence-electron chi connectivity index (χ2n) is 5.30. The largest absolute Gasteiger partial charge is 0.395 e. The molecule has 0 radical (unpaired) electrons. The molecule has 3 rings (SSSR count). The van der Waals surface area contributed by atoms with Crippen LogP contribution in [-0.4, -0.2) is 41.6 Å². The monoisotopic (exact) mass is 319 g/mol. The molecule has 1 aliphatic heterocycles. The number of amides is 2. The number of thiazole rings is 1. The van der Waals surface area contributed by atoms with Crippen molar-refractivity contribution in [3.05, 3.63) is 23.2 Å². The van der Waals surface area contributed by atoms with Crippen molar-refractivity contribution in [3.63, 3.8) is 0 Å². The van der Waals surface area contributed by atoms with Gasteiger partial charge in [-0.1, -0.05) is 0 Å². The molecule has 0 saturated carbocycles. The van der Waals surface area contributed by atoms with Crippen molar-refractivity contribution in [2.24, 2.45) is 5.92 Å². The summed E-state index contributed by atoms with van der Waals surface area (Å²) < 4.78 is 1.09. The Morgan fingerprint density at radius 2 is 2.36 bits per heavy atom. The summed E-state index contributed by atoms with van der Waals surface area (Å²) in [5.74, 6) is -0.613. The van der Waals surface area contributed by atoms with Crippen LogP contribution in [0.15, 0.2) is 18.2 Å². The first-order valence-electron chi connectivity index (χ1n) is 7.14. The molecule has 1 fully saturated rings. The first-order valence-corrected chi connectivity index (χ1v) is 7.96. The quantitative estimate of drug-likeness (QED) is 0.883. The smallest absolute Gasteiger partial charge is 0.227 e. The lowest BCUT2D eigenvalue weighted by Crippen LogP contribution is -2.34. The molecule has 116 valence electrons. The van der Waals surface area contributed by atoms with E-state index < -0.39 is 0 Å². The van der Waals surface area contributed by atoms with Gasteiger partial charge in [-0.2, -0.15) is 0 Å². The number of nitrogens with one attached hydrogen (secondary N) is 1. The highest BCUT2D eigenvalue weighted by Crippen LogP contribution is 2.30. The third kappa shape index (κ3) is 2.82. The molecule has 1 unspecified atom stereocenters. The Kier molecular flexibility index (Phi) is 4.08. The van der Waals surface area contributed by atoms with Crippen molar-refractivity contribution >= 4 is 39.1 Å². The summed E-state index contributed by atoms with van der Waals surface area (Å²) in [6.07, 6.45) is 0.200. The van der Waals surface area contributed by atoms with E-state index in [1.807, 2.05) is 25.1 Å². The Hall–Kier alpha value is -1.99.